The van der Waals surface area contributed by atoms with Gasteiger partial charge in [0.25, 0.3) is 0 Å². The summed E-state index contributed by atoms with van der Waals surface area (Å²) in [5.41, 5.74) is 1.18. The quantitative estimate of drug-likeness (QED) is 0.607. The third kappa shape index (κ3) is 4.45. The molecule has 30 heavy (non-hydrogen) atoms. The average Bonchev–Trinajstić information content (AvgIpc) is 2.73. The van der Waals surface area contributed by atoms with Crippen LogP contribution in [0.15, 0.2) is 72.0 Å². The summed E-state index contributed by atoms with van der Waals surface area (Å²) in [5.74, 6) is -4.00. The van der Waals surface area contributed by atoms with Gasteiger partial charge >= 0.3 is 5.97 Å². The maximum atomic E-state index is 13.0. The predicted molar refractivity (Wildman–Crippen MR) is 111 cm³/mol. The molecular weight excluding hydrogens is 384 g/mol. The van der Waals surface area contributed by atoms with Crippen molar-refractivity contribution >= 4 is 11.8 Å². The lowest BCUT2D eigenvalue weighted by Gasteiger charge is -2.33. The van der Waals surface area contributed by atoms with Crippen molar-refractivity contribution in [3.8, 4) is 0 Å². The van der Waals surface area contributed by atoms with Crippen molar-refractivity contribution in [1.29, 1.82) is 0 Å². The Kier molecular flexibility index (Phi) is 6.70. The zero-order chi connectivity index (χ0) is 21.8. The molecule has 0 saturated heterocycles. The molecule has 3 N–H and O–H groups in total. The van der Waals surface area contributed by atoms with E-state index in [0.29, 0.717) is 12.0 Å². The number of aliphatic hydroxyl groups excluding tert-OH is 3. The molecule has 2 unspecified atom stereocenters. The second kappa shape index (κ2) is 9.24. The van der Waals surface area contributed by atoms with Gasteiger partial charge in [0.2, 0.25) is 5.78 Å². The Balaban J connectivity index is 1.97. The van der Waals surface area contributed by atoms with Crippen molar-refractivity contribution in [3.05, 3.63) is 83.1 Å². The minimum Gasteiger partial charge on any atom is -0.504 e. The van der Waals surface area contributed by atoms with Crippen LogP contribution in [0.2, 0.25) is 0 Å². The number of ketones is 1. The number of ether oxygens (including phenoxy) is 1. The molecule has 0 fully saturated rings. The minimum absolute atomic E-state index is 0.262. The molecule has 0 saturated carbocycles. The van der Waals surface area contributed by atoms with Crippen LogP contribution in [-0.2, 0) is 20.7 Å². The average molecular weight is 410 g/mol. The van der Waals surface area contributed by atoms with E-state index in [9.17, 15) is 24.9 Å². The number of esters is 1. The Labute approximate surface area is 175 Å². The Morgan fingerprint density at radius 1 is 0.900 bits per heavy atom. The maximum Gasteiger partial charge on any atom is 0.339 e. The molecule has 0 aliphatic carbocycles. The molecule has 0 aromatic heterocycles. The highest BCUT2D eigenvalue weighted by atomic mass is 16.6. The second-order valence-corrected chi connectivity index (χ2v) is 7.68. The van der Waals surface area contributed by atoms with Crippen LogP contribution < -0.4 is 0 Å². The van der Waals surface area contributed by atoms with Gasteiger partial charge < -0.3 is 20.1 Å². The van der Waals surface area contributed by atoms with Crippen LogP contribution in [0.4, 0.5) is 0 Å². The summed E-state index contributed by atoms with van der Waals surface area (Å²) in [7, 11) is 0. The number of carbonyl (C=O) groups is 2. The highest BCUT2D eigenvalue weighted by molar-refractivity contribution is 6.09. The Hall–Kier alpha value is -2.96. The Morgan fingerprint density at radius 2 is 1.47 bits per heavy atom. The van der Waals surface area contributed by atoms with E-state index in [-0.39, 0.29) is 5.57 Å². The number of benzene rings is 2. The lowest BCUT2D eigenvalue weighted by atomic mass is 9.81. The minimum atomic E-state index is -1.31. The van der Waals surface area contributed by atoms with Gasteiger partial charge in [0.1, 0.15) is 0 Å². The van der Waals surface area contributed by atoms with Crippen LogP contribution >= 0.6 is 0 Å². The van der Waals surface area contributed by atoms with Gasteiger partial charge in [0.05, 0.1) is 17.8 Å². The summed E-state index contributed by atoms with van der Waals surface area (Å²) in [4.78, 5) is 25.9. The fourth-order valence-electron chi connectivity index (χ4n) is 3.92. The SMILES string of the molecule is C[C@@H](O)C(C1=C(O)C(=O)[C@H](C(Cc2ccccc2)[C@@H](C)O)OC1=O)c1ccccc1. The monoisotopic (exact) mass is 410 g/mol. The van der Waals surface area contributed by atoms with E-state index in [1.165, 1.54) is 13.8 Å². The highest BCUT2D eigenvalue weighted by Crippen LogP contribution is 2.36. The van der Waals surface area contributed by atoms with Gasteiger partial charge in [0.15, 0.2) is 11.9 Å². The number of Topliss-reactive ketones (excluding diaryl/α,β-unsaturated/α-hetero) is 1. The number of hydrogen-bond donors (Lipinski definition) is 3. The number of aliphatic hydroxyl groups is 3. The second-order valence-electron chi connectivity index (χ2n) is 7.68. The van der Waals surface area contributed by atoms with Gasteiger partial charge in [-0.1, -0.05) is 60.7 Å². The van der Waals surface area contributed by atoms with E-state index < -0.39 is 47.7 Å². The topological polar surface area (TPSA) is 104 Å². The van der Waals surface area contributed by atoms with E-state index in [2.05, 4.69) is 0 Å². The van der Waals surface area contributed by atoms with Crippen LogP contribution in [0.5, 0.6) is 0 Å². The predicted octanol–water partition coefficient (Wildman–Crippen LogP) is 2.70. The van der Waals surface area contributed by atoms with E-state index >= 15 is 0 Å². The first-order chi connectivity index (χ1) is 14.3. The fourth-order valence-corrected chi connectivity index (χ4v) is 3.92. The van der Waals surface area contributed by atoms with Gasteiger partial charge in [-0.2, -0.15) is 0 Å². The van der Waals surface area contributed by atoms with E-state index in [1.54, 1.807) is 30.3 Å². The van der Waals surface area contributed by atoms with Gasteiger partial charge in [0, 0.05) is 11.8 Å². The Bertz CT molecular complexity index is 917. The van der Waals surface area contributed by atoms with Crippen molar-refractivity contribution in [2.75, 3.05) is 0 Å². The maximum absolute atomic E-state index is 13.0. The van der Waals surface area contributed by atoms with Crippen molar-refractivity contribution in [2.45, 2.75) is 44.5 Å². The lowest BCUT2D eigenvalue weighted by Crippen LogP contribution is -2.46. The smallest absolute Gasteiger partial charge is 0.339 e. The van der Waals surface area contributed by atoms with Crippen molar-refractivity contribution < 1.29 is 29.6 Å². The van der Waals surface area contributed by atoms with Crippen molar-refractivity contribution in [1.82, 2.24) is 0 Å². The molecular formula is C24H26O6. The standard InChI is InChI=1S/C24H26O6/c1-14(25)18(13-16-9-5-3-6-10-16)23-22(28)21(27)20(24(29)30-23)19(15(2)26)17-11-7-4-8-12-17/h3-12,14-15,18-19,23,25-27H,13H2,1-2H3/t14-,15-,18?,19?,23+/m1/s1. The molecule has 6 nitrogen and oxygen atoms in total. The largest absolute Gasteiger partial charge is 0.504 e. The summed E-state index contributed by atoms with van der Waals surface area (Å²) in [6, 6.07) is 17.9. The van der Waals surface area contributed by atoms with Crippen LogP contribution in [0.25, 0.3) is 0 Å². The zero-order valence-electron chi connectivity index (χ0n) is 16.9. The van der Waals surface area contributed by atoms with Crippen LogP contribution in [0.3, 0.4) is 0 Å². The molecule has 6 heteroatoms. The molecule has 2 aromatic rings. The number of rotatable bonds is 7. The van der Waals surface area contributed by atoms with Gasteiger partial charge in [-0.25, -0.2) is 4.79 Å². The molecule has 158 valence electrons. The summed E-state index contributed by atoms with van der Waals surface area (Å²) < 4.78 is 5.45. The van der Waals surface area contributed by atoms with E-state index in [0.717, 1.165) is 5.56 Å². The molecule has 0 radical (unpaired) electrons. The van der Waals surface area contributed by atoms with Gasteiger partial charge in [-0.05, 0) is 31.4 Å². The molecule has 0 spiro atoms. The lowest BCUT2D eigenvalue weighted by molar-refractivity contribution is -0.161. The van der Waals surface area contributed by atoms with Crippen LogP contribution in [0.1, 0.15) is 30.9 Å². The summed E-state index contributed by atoms with van der Waals surface area (Å²) >= 11 is 0. The fraction of sp³-hybridized carbons (Fsp3) is 0.333. The molecule has 0 amide bonds. The van der Waals surface area contributed by atoms with Gasteiger partial charge in [-0.3, -0.25) is 4.79 Å². The summed E-state index contributed by atoms with van der Waals surface area (Å²) in [6.07, 6.45) is -3.02. The van der Waals surface area contributed by atoms with Crippen molar-refractivity contribution in [2.24, 2.45) is 5.92 Å². The Morgan fingerprint density at radius 3 is 2.00 bits per heavy atom. The molecule has 3 rings (SSSR count). The number of carbonyl (C=O) groups excluding carboxylic acids is 2. The first-order valence-electron chi connectivity index (χ1n) is 9.94. The zero-order valence-corrected chi connectivity index (χ0v) is 16.9. The summed E-state index contributed by atoms with van der Waals surface area (Å²) in [6.45, 7) is 3.00. The normalized spacial score (nSPS) is 21.0. The van der Waals surface area contributed by atoms with Crippen LogP contribution in [0, 0.1) is 5.92 Å². The summed E-state index contributed by atoms with van der Waals surface area (Å²) in [5, 5.41) is 31.3. The first-order valence-corrected chi connectivity index (χ1v) is 9.94. The van der Waals surface area contributed by atoms with E-state index in [4.69, 9.17) is 4.74 Å². The highest BCUT2D eigenvalue weighted by Gasteiger charge is 2.45. The van der Waals surface area contributed by atoms with Crippen molar-refractivity contribution in [3.63, 3.8) is 0 Å². The number of hydrogen-bond acceptors (Lipinski definition) is 6. The molecule has 1 aliphatic rings. The van der Waals surface area contributed by atoms with Gasteiger partial charge in [-0.15, -0.1) is 0 Å². The number of cyclic esters (lactones) is 1. The third-order valence-electron chi connectivity index (χ3n) is 5.48. The molecule has 0 bridgehead atoms. The molecule has 2 aromatic carbocycles. The molecule has 5 atom stereocenters. The molecule has 1 heterocycles. The third-order valence-corrected chi connectivity index (χ3v) is 5.48. The van der Waals surface area contributed by atoms with E-state index in [1.807, 2.05) is 30.3 Å². The molecule has 1 aliphatic heterocycles. The first kappa shape index (κ1) is 21.7. The van der Waals surface area contributed by atoms with Crippen LogP contribution in [-0.4, -0.2) is 45.4 Å².